The topological polar surface area (TPSA) is 85.9 Å². The standard InChI is InChI=1S/C19H22N2O5/c1-24-15-7-5-4-6-14(15)21-19(23)12-20-18(22)11-13-8-9-16(25-2)17(10-13)26-3/h4-10H,11-12H2,1-3H3,(H,20,22)(H,21,23). The smallest absolute Gasteiger partial charge is 0.243 e. The minimum absolute atomic E-state index is 0.127. The van der Waals surface area contributed by atoms with Crippen LogP contribution in [0.4, 0.5) is 5.69 Å². The maximum atomic E-state index is 12.1. The Balaban J connectivity index is 1.87. The first-order valence-electron chi connectivity index (χ1n) is 7.97. The molecule has 0 saturated heterocycles. The van der Waals surface area contributed by atoms with Gasteiger partial charge in [-0.15, -0.1) is 0 Å². The van der Waals surface area contributed by atoms with Gasteiger partial charge in [0.1, 0.15) is 5.75 Å². The van der Waals surface area contributed by atoms with Crippen molar-refractivity contribution in [1.82, 2.24) is 5.32 Å². The normalized spacial score (nSPS) is 9.96. The molecule has 0 aliphatic carbocycles. The number of nitrogens with one attached hydrogen (secondary N) is 2. The second-order valence-corrected chi connectivity index (χ2v) is 5.39. The van der Waals surface area contributed by atoms with Crippen LogP contribution in [0.25, 0.3) is 0 Å². The molecule has 0 aromatic heterocycles. The molecule has 0 heterocycles. The number of benzene rings is 2. The quantitative estimate of drug-likeness (QED) is 0.754. The summed E-state index contributed by atoms with van der Waals surface area (Å²) in [7, 11) is 4.60. The van der Waals surface area contributed by atoms with Gasteiger partial charge < -0.3 is 24.8 Å². The summed E-state index contributed by atoms with van der Waals surface area (Å²) in [5, 5.41) is 5.29. The van der Waals surface area contributed by atoms with Gasteiger partial charge in [-0.1, -0.05) is 18.2 Å². The van der Waals surface area contributed by atoms with E-state index >= 15 is 0 Å². The van der Waals surface area contributed by atoms with Gasteiger partial charge in [-0.3, -0.25) is 9.59 Å². The van der Waals surface area contributed by atoms with Crippen LogP contribution in [-0.4, -0.2) is 39.7 Å². The predicted molar refractivity (Wildman–Crippen MR) is 97.9 cm³/mol. The number of carbonyl (C=O) groups is 2. The first-order chi connectivity index (χ1) is 12.6. The molecule has 0 aliphatic heterocycles. The Hall–Kier alpha value is -3.22. The fourth-order valence-electron chi connectivity index (χ4n) is 2.36. The number of hydrogen-bond acceptors (Lipinski definition) is 5. The first kappa shape index (κ1) is 19.1. The number of methoxy groups -OCH3 is 3. The zero-order valence-corrected chi connectivity index (χ0v) is 15.0. The van der Waals surface area contributed by atoms with Crippen LogP contribution in [0.5, 0.6) is 17.2 Å². The van der Waals surface area contributed by atoms with Crippen LogP contribution in [0.3, 0.4) is 0 Å². The highest BCUT2D eigenvalue weighted by Gasteiger charge is 2.11. The van der Waals surface area contributed by atoms with E-state index in [4.69, 9.17) is 14.2 Å². The van der Waals surface area contributed by atoms with Crippen LogP contribution in [0, 0.1) is 0 Å². The lowest BCUT2D eigenvalue weighted by Gasteiger charge is -2.11. The molecule has 0 radical (unpaired) electrons. The van der Waals surface area contributed by atoms with Crippen molar-refractivity contribution in [2.45, 2.75) is 6.42 Å². The molecule has 0 fully saturated rings. The monoisotopic (exact) mass is 358 g/mol. The second kappa shape index (κ2) is 9.31. The molecule has 0 bridgehead atoms. The summed E-state index contributed by atoms with van der Waals surface area (Å²) in [6, 6.07) is 12.3. The largest absolute Gasteiger partial charge is 0.495 e. The van der Waals surface area contributed by atoms with E-state index in [9.17, 15) is 9.59 Å². The van der Waals surface area contributed by atoms with Crippen LogP contribution in [0.15, 0.2) is 42.5 Å². The van der Waals surface area contributed by atoms with Gasteiger partial charge in [0.15, 0.2) is 11.5 Å². The highest BCUT2D eigenvalue weighted by Crippen LogP contribution is 2.27. The third-order valence-electron chi connectivity index (χ3n) is 3.64. The molecule has 2 aromatic rings. The van der Waals surface area contributed by atoms with Gasteiger partial charge in [0, 0.05) is 0 Å². The maximum Gasteiger partial charge on any atom is 0.243 e. The lowest BCUT2D eigenvalue weighted by molar-refractivity contribution is -0.123. The molecule has 2 rings (SSSR count). The average molecular weight is 358 g/mol. The number of carbonyl (C=O) groups excluding carboxylic acids is 2. The summed E-state index contributed by atoms with van der Waals surface area (Å²) in [6.45, 7) is -0.135. The summed E-state index contributed by atoms with van der Waals surface area (Å²) >= 11 is 0. The Bertz CT molecular complexity index is 776. The third-order valence-corrected chi connectivity index (χ3v) is 3.64. The lowest BCUT2D eigenvalue weighted by Crippen LogP contribution is -2.33. The highest BCUT2D eigenvalue weighted by molar-refractivity contribution is 5.95. The summed E-state index contributed by atoms with van der Waals surface area (Å²) in [6.07, 6.45) is 0.127. The van der Waals surface area contributed by atoms with Crippen molar-refractivity contribution >= 4 is 17.5 Å². The van der Waals surface area contributed by atoms with Gasteiger partial charge in [-0.25, -0.2) is 0 Å². The summed E-state index contributed by atoms with van der Waals surface area (Å²) in [5.41, 5.74) is 1.31. The fraction of sp³-hybridized carbons (Fsp3) is 0.263. The van der Waals surface area contributed by atoms with Crippen LogP contribution in [-0.2, 0) is 16.0 Å². The van der Waals surface area contributed by atoms with Crippen molar-refractivity contribution in [1.29, 1.82) is 0 Å². The zero-order chi connectivity index (χ0) is 18.9. The maximum absolute atomic E-state index is 12.1. The van der Waals surface area contributed by atoms with Gasteiger partial charge in [0.05, 0.1) is 40.0 Å². The van der Waals surface area contributed by atoms with Crippen LogP contribution < -0.4 is 24.8 Å². The minimum atomic E-state index is -0.338. The molecule has 7 heteroatoms. The number of anilines is 1. The van der Waals surface area contributed by atoms with E-state index in [1.54, 1.807) is 49.6 Å². The Morgan fingerprint density at radius 3 is 2.23 bits per heavy atom. The van der Waals surface area contributed by atoms with Crippen LogP contribution in [0.2, 0.25) is 0 Å². The van der Waals surface area contributed by atoms with Crippen molar-refractivity contribution in [3.8, 4) is 17.2 Å². The molecule has 26 heavy (non-hydrogen) atoms. The molecular formula is C19H22N2O5. The van der Waals surface area contributed by atoms with Gasteiger partial charge >= 0.3 is 0 Å². The number of hydrogen-bond donors (Lipinski definition) is 2. The average Bonchev–Trinajstić information content (AvgIpc) is 2.66. The fourth-order valence-corrected chi connectivity index (χ4v) is 2.36. The molecule has 2 aromatic carbocycles. The van der Waals surface area contributed by atoms with E-state index in [0.29, 0.717) is 22.9 Å². The van der Waals surface area contributed by atoms with E-state index in [1.807, 2.05) is 0 Å². The first-order valence-corrected chi connectivity index (χ1v) is 7.97. The Labute approximate surface area is 152 Å². The van der Waals surface area contributed by atoms with Crippen LogP contribution >= 0.6 is 0 Å². The Kier molecular flexibility index (Phi) is 6.84. The Morgan fingerprint density at radius 1 is 0.846 bits per heavy atom. The van der Waals surface area contributed by atoms with Crippen molar-refractivity contribution in [2.75, 3.05) is 33.2 Å². The molecule has 2 amide bonds. The van der Waals surface area contributed by atoms with Gasteiger partial charge in [0.2, 0.25) is 11.8 Å². The van der Waals surface area contributed by atoms with Crippen molar-refractivity contribution in [3.63, 3.8) is 0 Å². The number of rotatable bonds is 8. The van der Waals surface area contributed by atoms with E-state index in [-0.39, 0.29) is 24.8 Å². The minimum Gasteiger partial charge on any atom is -0.495 e. The summed E-state index contributed by atoms with van der Waals surface area (Å²) < 4.78 is 15.5. The lowest BCUT2D eigenvalue weighted by atomic mass is 10.1. The van der Waals surface area contributed by atoms with Gasteiger partial charge in [-0.05, 0) is 29.8 Å². The molecule has 7 nitrogen and oxygen atoms in total. The SMILES string of the molecule is COc1ccccc1NC(=O)CNC(=O)Cc1ccc(OC)c(OC)c1. The zero-order valence-electron chi connectivity index (χ0n) is 15.0. The van der Waals surface area contributed by atoms with Gasteiger partial charge in [0.25, 0.3) is 0 Å². The van der Waals surface area contributed by atoms with Crippen molar-refractivity contribution in [2.24, 2.45) is 0 Å². The van der Waals surface area contributed by atoms with Crippen molar-refractivity contribution < 1.29 is 23.8 Å². The molecule has 2 N–H and O–H groups in total. The van der Waals surface area contributed by atoms with E-state index in [0.717, 1.165) is 5.56 Å². The van der Waals surface area contributed by atoms with Gasteiger partial charge in [-0.2, -0.15) is 0 Å². The number of para-hydroxylation sites is 2. The van der Waals surface area contributed by atoms with E-state index in [2.05, 4.69) is 10.6 Å². The van der Waals surface area contributed by atoms with E-state index in [1.165, 1.54) is 14.2 Å². The predicted octanol–water partition coefficient (Wildman–Crippen LogP) is 2.01. The number of amides is 2. The molecule has 0 aliphatic rings. The summed E-state index contributed by atoms with van der Waals surface area (Å²) in [4.78, 5) is 24.1. The number of ether oxygens (including phenoxy) is 3. The summed E-state index contributed by atoms with van der Waals surface area (Å²) in [5.74, 6) is 1.08. The second-order valence-electron chi connectivity index (χ2n) is 5.39. The molecule has 0 unspecified atom stereocenters. The molecule has 0 spiro atoms. The highest BCUT2D eigenvalue weighted by atomic mass is 16.5. The Morgan fingerprint density at radius 2 is 1.54 bits per heavy atom. The van der Waals surface area contributed by atoms with Crippen molar-refractivity contribution in [3.05, 3.63) is 48.0 Å². The van der Waals surface area contributed by atoms with Crippen LogP contribution in [0.1, 0.15) is 5.56 Å². The molecule has 0 saturated carbocycles. The molecular weight excluding hydrogens is 336 g/mol. The molecule has 0 atom stereocenters. The molecule has 138 valence electrons. The van der Waals surface area contributed by atoms with E-state index < -0.39 is 0 Å². The third kappa shape index (κ3) is 5.14.